The molecule has 0 radical (unpaired) electrons. The molecule has 0 bridgehead atoms. The van der Waals surface area contributed by atoms with Crippen molar-refractivity contribution in [2.45, 2.75) is 13.8 Å². The topological polar surface area (TPSA) is 85.4 Å². The lowest BCUT2D eigenvalue weighted by Crippen LogP contribution is -2.20. The Labute approximate surface area is 128 Å². The number of anilines is 2. The van der Waals surface area contributed by atoms with Crippen LogP contribution in [0.2, 0.25) is 0 Å². The Balaban J connectivity index is 1.98. The maximum atomic E-state index is 12.0. The van der Waals surface area contributed by atoms with E-state index in [4.69, 9.17) is 9.47 Å². The molecule has 7 nitrogen and oxygen atoms in total. The van der Waals surface area contributed by atoms with Crippen molar-refractivity contribution in [1.82, 2.24) is 9.97 Å². The molecule has 2 rings (SSSR count). The molecule has 0 spiro atoms. The summed E-state index contributed by atoms with van der Waals surface area (Å²) in [6.45, 7) is 4.74. The lowest BCUT2D eigenvalue weighted by Gasteiger charge is -2.11. The summed E-state index contributed by atoms with van der Waals surface area (Å²) in [6, 6.07) is 7.08. The molecule has 0 aliphatic carbocycles. The standard InChI is InChI=1S/C15H18N4O3/c1-3-21-13-8-6-5-7-12(13)19-14(20)18-11-9-16-15(17-10-11)22-4-2/h5-10H,3-4H2,1-2H3,(H2,18,19,20). The van der Waals surface area contributed by atoms with Crippen molar-refractivity contribution in [3.05, 3.63) is 36.7 Å². The van der Waals surface area contributed by atoms with Crippen LogP contribution in [0.15, 0.2) is 36.7 Å². The summed E-state index contributed by atoms with van der Waals surface area (Å²) in [6.07, 6.45) is 2.96. The molecule has 1 heterocycles. The predicted octanol–water partition coefficient (Wildman–Crippen LogP) is 2.92. The maximum Gasteiger partial charge on any atom is 0.323 e. The minimum Gasteiger partial charge on any atom is -0.492 e. The quantitative estimate of drug-likeness (QED) is 0.857. The Bertz CT molecular complexity index is 616. The second-order valence-corrected chi connectivity index (χ2v) is 4.20. The smallest absolute Gasteiger partial charge is 0.323 e. The van der Waals surface area contributed by atoms with E-state index in [2.05, 4.69) is 20.6 Å². The van der Waals surface area contributed by atoms with Gasteiger partial charge in [0.05, 0.1) is 37.0 Å². The second-order valence-electron chi connectivity index (χ2n) is 4.20. The number of para-hydroxylation sites is 2. The molecule has 0 unspecified atom stereocenters. The van der Waals surface area contributed by atoms with E-state index in [1.165, 1.54) is 12.4 Å². The molecule has 2 aromatic rings. The molecule has 0 saturated heterocycles. The van der Waals surface area contributed by atoms with Crippen molar-refractivity contribution >= 4 is 17.4 Å². The Hall–Kier alpha value is -2.83. The van der Waals surface area contributed by atoms with Gasteiger partial charge in [-0.2, -0.15) is 0 Å². The van der Waals surface area contributed by atoms with E-state index in [0.717, 1.165) is 0 Å². The van der Waals surface area contributed by atoms with Gasteiger partial charge in [0, 0.05) is 0 Å². The molecule has 116 valence electrons. The largest absolute Gasteiger partial charge is 0.492 e. The number of hydrogen-bond donors (Lipinski definition) is 2. The van der Waals surface area contributed by atoms with E-state index in [1.54, 1.807) is 12.1 Å². The van der Waals surface area contributed by atoms with Crippen LogP contribution in [0.25, 0.3) is 0 Å². The lowest BCUT2D eigenvalue weighted by atomic mass is 10.3. The monoisotopic (exact) mass is 302 g/mol. The molecule has 2 N–H and O–H groups in total. The first-order valence-corrected chi connectivity index (χ1v) is 6.97. The number of benzene rings is 1. The maximum absolute atomic E-state index is 12.0. The summed E-state index contributed by atoms with van der Waals surface area (Å²) in [7, 11) is 0. The van der Waals surface area contributed by atoms with Crippen LogP contribution >= 0.6 is 0 Å². The number of urea groups is 1. The molecule has 22 heavy (non-hydrogen) atoms. The Morgan fingerprint density at radius 1 is 1.05 bits per heavy atom. The van der Waals surface area contributed by atoms with Crippen LogP contribution in [0.5, 0.6) is 11.8 Å². The van der Waals surface area contributed by atoms with E-state index < -0.39 is 6.03 Å². The summed E-state index contributed by atoms with van der Waals surface area (Å²) in [5, 5.41) is 5.36. The highest BCUT2D eigenvalue weighted by Crippen LogP contribution is 2.23. The van der Waals surface area contributed by atoms with Gasteiger partial charge in [-0.1, -0.05) is 12.1 Å². The summed E-state index contributed by atoms with van der Waals surface area (Å²) in [4.78, 5) is 19.9. The van der Waals surface area contributed by atoms with Gasteiger partial charge in [-0.05, 0) is 26.0 Å². The highest BCUT2D eigenvalue weighted by Gasteiger charge is 2.08. The van der Waals surface area contributed by atoms with Crippen LogP contribution < -0.4 is 20.1 Å². The highest BCUT2D eigenvalue weighted by molar-refractivity contribution is 6.00. The molecule has 1 aromatic heterocycles. The molecule has 0 fully saturated rings. The van der Waals surface area contributed by atoms with Crippen molar-refractivity contribution in [3.8, 4) is 11.8 Å². The first kappa shape index (κ1) is 15.6. The Morgan fingerprint density at radius 3 is 2.41 bits per heavy atom. The van der Waals surface area contributed by atoms with Gasteiger partial charge in [0.1, 0.15) is 5.75 Å². The number of nitrogens with zero attached hydrogens (tertiary/aromatic N) is 2. The summed E-state index contributed by atoms with van der Waals surface area (Å²) < 4.78 is 10.6. The SMILES string of the molecule is CCOc1ncc(NC(=O)Nc2ccccc2OCC)cn1. The van der Waals surface area contributed by atoms with Crippen LogP contribution in [0, 0.1) is 0 Å². The summed E-state index contributed by atoms with van der Waals surface area (Å²) in [5.74, 6) is 0.614. The minimum absolute atomic E-state index is 0.273. The first-order valence-electron chi connectivity index (χ1n) is 6.97. The normalized spacial score (nSPS) is 9.91. The number of carbonyl (C=O) groups excluding carboxylic acids is 1. The van der Waals surface area contributed by atoms with Crippen LogP contribution in [0.3, 0.4) is 0 Å². The highest BCUT2D eigenvalue weighted by atomic mass is 16.5. The van der Waals surface area contributed by atoms with Crippen LogP contribution in [-0.4, -0.2) is 29.2 Å². The fraction of sp³-hybridized carbons (Fsp3) is 0.267. The zero-order valence-corrected chi connectivity index (χ0v) is 12.5. The number of nitrogens with one attached hydrogen (secondary N) is 2. The van der Waals surface area contributed by atoms with Gasteiger partial charge in [0.2, 0.25) is 0 Å². The van der Waals surface area contributed by atoms with Crippen molar-refractivity contribution in [2.24, 2.45) is 0 Å². The van der Waals surface area contributed by atoms with Crippen molar-refractivity contribution < 1.29 is 14.3 Å². The van der Waals surface area contributed by atoms with Gasteiger partial charge in [-0.3, -0.25) is 0 Å². The number of rotatable bonds is 6. The van der Waals surface area contributed by atoms with Gasteiger partial charge >= 0.3 is 12.0 Å². The Morgan fingerprint density at radius 2 is 1.73 bits per heavy atom. The fourth-order valence-corrected chi connectivity index (χ4v) is 1.72. The molecule has 7 heteroatoms. The molecular formula is C15H18N4O3. The van der Waals surface area contributed by atoms with Crippen LogP contribution in [0.1, 0.15) is 13.8 Å². The van der Waals surface area contributed by atoms with Gasteiger partial charge in [0.25, 0.3) is 0 Å². The number of hydrogen-bond acceptors (Lipinski definition) is 5. The molecule has 1 aromatic carbocycles. The van der Waals surface area contributed by atoms with Gasteiger partial charge in [-0.25, -0.2) is 14.8 Å². The van der Waals surface area contributed by atoms with E-state index in [1.807, 2.05) is 26.0 Å². The van der Waals surface area contributed by atoms with Gasteiger partial charge in [-0.15, -0.1) is 0 Å². The lowest BCUT2D eigenvalue weighted by molar-refractivity contribution is 0.262. The second kappa shape index (κ2) is 7.82. The van der Waals surface area contributed by atoms with E-state index in [9.17, 15) is 4.79 Å². The molecule has 2 amide bonds. The molecule has 0 aliphatic rings. The van der Waals surface area contributed by atoms with Crippen molar-refractivity contribution in [2.75, 3.05) is 23.8 Å². The van der Waals surface area contributed by atoms with E-state index in [-0.39, 0.29) is 6.01 Å². The van der Waals surface area contributed by atoms with E-state index in [0.29, 0.717) is 30.3 Å². The van der Waals surface area contributed by atoms with Crippen LogP contribution in [-0.2, 0) is 0 Å². The zero-order chi connectivity index (χ0) is 15.8. The zero-order valence-electron chi connectivity index (χ0n) is 12.5. The first-order chi connectivity index (χ1) is 10.7. The average molecular weight is 302 g/mol. The molecule has 0 atom stereocenters. The van der Waals surface area contributed by atoms with E-state index >= 15 is 0 Å². The molecule has 0 saturated carbocycles. The third-order valence-corrected chi connectivity index (χ3v) is 2.59. The number of carbonyl (C=O) groups is 1. The average Bonchev–Trinajstić information content (AvgIpc) is 2.52. The summed E-state index contributed by atoms with van der Waals surface area (Å²) >= 11 is 0. The number of amides is 2. The third kappa shape index (κ3) is 4.34. The number of aromatic nitrogens is 2. The number of ether oxygens (including phenoxy) is 2. The van der Waals surface area contributed by atoms with Crippen LogP contribution in [0.4, 0.5) is 16.2 Å². The van der Waals surface area contributed by atoms with Gasteiger partial charge in [0.15, 0.2) is 0 Å². The van der Waals surface area contributed by atoms with Crippen molar-refractivity contribution in [1.29, 1.82) is 0 Å². The minimum atomic E-state index is -0.403. The molecular weight excluding hydrogens is 284 g/mol. The molecule has 0 aliphatic heterocycles. The Kier molecular flexibility index (Phi) is 5.53. The van der Waals surface area contributed by atoms with Gasteiger partial charge < -0.3 is 20.1 Å². The predicted molar refractivity (Wildman–Crippen MR) is 83.5 cm³/mol. The van der Waals surface area contributed by atoms with Crippen molar-refractivity contribution in [3.63, 3.8) is 0 Å². The summed E-state index contributed by atoms with van der Waals surface area (Å²) in [5.41, 5.74) is 1.06. The third-order valence-electron chi connectivity index (χ3n) is 2.59. The fourth-order valence-electron chi connectivity index (χ4n) is 1.72.